The van der Waals surface area contributed by atoms with Crippen LogP contribution >= 0.6 is 11.8 Å². The number of thioether (sulfide) groups is 1. The van der Waals surface area contributed by atoms with Crippen molar-refractivity contribution in [1.29, 1.82) is 0 Å². The molecule has 0 saturated carbocycles. The van der Waals surface area contributed by atoms with Gasteiger partial charge in [0.25, 0.3) is 0 Å². The van der Waals surface area contributed by atoms with Crippen molar-refractivity contribution in [1.82, 2.24) is 19.9 Å². The molecule has 0 saturated heterocycles. The van der Waals surface area contributed by atoms with Gasteiger partial charge in [-0.05, 0) is 18.4 Å². The number of carboxylic acids is 1. The Bertz CT molecular complexity index is 421. The van der Waals surface area contributed by atoms with Crippen LogP contribution in [0.1, 0.15) is 16.9 Å². The van der Waals surface area contributed by atoms with Gasteiger partial charge in [0.2, 0.25) is 5.91 Å². The summed E-state index contributed by atoms with van der Waals surface area (Å²) >= 11 is 1.74. The standard InChI is InChI=1S/C10H16N4O3S/c1-13(4-3-5-18-2)9(15)7-14-6-8(10(16)17)11-12-14/h6H,3-5,7H2,1-2H3,(H,16,17). The van der Waals surface area contributed by atoms with Crippen LogP contribution in [-0.4, -0.2) is 62.5 Å². The summed E-state index contributed by atoms with van der Waals surface area (Å²) in [6.07, 6.45) is 4.20. The molecule has 0 bridgehead atoms. The van der Waals surface area contributed by atoms with Crippen molar-refractivity contribution in [3.05, 3.63) is 11.9 Å². The molecule has 1 aromatic heterocycles. The fraction of sp³-hybridized carbons (Fsp3) is 0.600. The number of hydrogen-bond acceptors (Lipinski definition) is 5. The first-order valence-corrected chi connectivity index (χ1v) is 6.80. The van der Waals surface area contributed by atoms with Crippen LogP contribution < -0.4 is 0 Å². The second-order valence-electron chi connectivity index (χ2n) is 3.77. The molecule has 8 heteroatoms. The highest BCUT2D eigenvalue weighted by Gasteiger charge is 2.13. The van der Waals surface area contributed by atoms with E-state index in [0.717, 1.165) is 12.2 Å². The van der Waals surface area contributed by atoms with Gasteiger partial charge in [-0.15, -0.1) is 5.10 Å². The smallest absolute Gasteiger partial charge is 0.358 e. The van der Waals surface area contributed by atoms with Crippen LogP contribution in [0.2, 0.25) is 0 Å². The summed E-state index contributed by atoms with van der Waals surface area (Å²) in [6, 6.07) is 0. The van der Waals surface area contributed by atoms with Crippen LogP contribution in [0.5, 0.6) is 0 Å². The van der Waals surface area contributed by atoms with Crippen LogP contribution in [0.25, 0.3) is 0 Å². The molecule has 7 nitrogen and oxygen atoms in total. The minimum atomic E-state index is -1.15. The molecular weight excluding hydrogens is 256 g/mol. The van der Waals surface area contributed by atoms with Crippen molar-refractivity contribution in [2.24, 2.45) is 0 Å². The Hall–Kier alpha value is -1.57. The number of carboxylic acid groups (broad SMARTS) is 1. The monoisotopic (exact) mass is 272 g/mol. The third-order valence-electron chi connectivity index (χ3n) is 2.32. The van der Waals surface area contributed by atoms with E-state index in [0.29, 0.717) is 6.54 Å². The van der Waals surface area contributed by atoms with Crippen molar-refractivity contribution in [3.63, 3.8) is 0 Å². The molecule has 1 N–H and O–H groups in total. The number of likely N-dealkylation sites (N-methyl/N-ethyl adjacent to an activating group) is 1. The molecule has 0 aliphatic heterocycles. The maximum atomic E-state index is 11.8. The molecule has 1 rings (SSSR count). The van der Waals surface area contributed by atoms with E-state index in [1.807, 2.05) is 6.26 Å². The Morgan fingerprint density at radius 2 is 2.28 bits per heavy atom. The highest BCUT2D eigenvalue weighted by atomic mass is 32.2. The molecule has 0 atom stereocenters. The lowest BCUT2D eigenvalue weighted by Crippen LogP contribution is -2.31. The molecule has 1 heterocycles. The summed E-state index contributed by atoms with van der Waals surface area (Å²) in [7, 11) is 1.72. The second kappa shape index (κ2) is 7.00. The van der Waals surface area contributed by atoms with Crippen molar-refractivity contribution in [2.75, 3.05) is 25.6 Å². The normalized spacial score (nSPS) is 10.3. The molecule has 1 aromatic rings. The van der Waals surface area contributed by atoms with Crippen LogP contribution in [-0.2, 0) is 11.3 Å². The Kier molecular flexibility index (Phi) is 5.63. The summed E-state index contributed by atoms with van der Waals surface area (Å²) < 4.78 is 1.23. The summed E-state index contributed by atoms with van der Waals surface area (Å²) in [6.45, 7) is 0.691. The molecule has 1 amide bonds. The minimum Gasteiger partial charge on any atom is -0.476 e. The van der Waals surface area contributed by atoms with E-state index < -0.39 is 5.97 Å². The lowest BCUT2D eigenvalue weighted by atomic mass is 10.4. The van der Waals surface area contributed by atoms with Gasteiger partial charge in [-0.25, -0.2) is 9.48 Å². The van der Waals surface area contributed by atoms with Crippen molar-refractivity contribution in [2.45, 2.75) is 13.0 Å². The predicted molar refractivity (Wildman–Crippen MR) is 67.6 cm³/mol. The largest absolute Gasteiger partial charge is 0.476 e. The Morgan fingerprint density at radius 3 is 2.83 bits per heavy atom. The first kappa shape index (κ1) is 14.5. The minimum absolute atomic E-state index is 0.00997. The third kappa shape index (κ3) is 4.36. The number of aromatic nitrogens is 3. The zero-order valence-corrected chi connectivity index (χ0v) is 11.2. The van der Waals surface area contributed by atoms with Gasteiger partial charge in [-0.3, -0.25) is 4.79 Å². The first-order valence-electron chi connectivity index (χ1n) is 5.41. The molecule has 0 aliphatic carbocycles. The van der Waals surface area contributed by atoms with Crippen LogP contribution in [0.4, 0.5) is 0 Å². The van der Waals surface area contributed by atoms with Gasteiger partial charge in [0, 0.05) is 13.6 Å². The van der Waals surface area contributed by atoms with E-state index >= 15 is 0 Å². The summed E-state index contributed by atoms with van der Waals surface area (Å²) in [5.41, 5.74) is -0.159. The lowest BCUT2D eigenvalue weighted by Gasteiger charge is -2.16. The molecule has 18 heavy (non-hydrogen) atoms. The van der Waals surface area contributed by atoms with Crippen molar-refractivity contribution >= 4 is 23.6 Å². The van der Waals surface area contributed by atoms with Gasteiger partial charge < -0.3 is 10.0 Å². The van der Waals surface area contributed by atoms with E-state index in [9.17, 15) is 9.59 Å². The van der Waals surface area contributed by atoms with Gasteiger partial charge in [0.15, 0.2) is 5.69 Å². The maximum Gasteiger partial charge on any atom is 0.358 e. The molecule has 0 unspecified atom stereocenters. The number of nitrogens with zero attached hydrogens (tertiary/aromatic N) is 4. The van der Waals surface area contributed by atoms with Gasteiger partial charge in [0.1, 0.15) is 6.54 Å². The van der Waals surface area contributed by atoms with E-state index in [1.54, 1.807) is 23.7 Å². The van der Waals surface area contributed by atoms with Crippen LogP contribution in [0.3, 0.4) is 0 Å². The van der Waals surface area contributed by atoms with Gasteiger partial charge in [-0.2, -0.15) is 11.8 Å². The maximum absolute atomic E-state index is 11.8. The Balaban J connectivity index is 2.45. The van der Waals surface area contributed by atoms with Gasteiger partial charge >= 0.3 is 5.97 Å². The molecular formula is C10H16N4O3S. The average Bonchev–Trinajstić information content (AvgIpc) is 2.77. The Labute approximate surface area is 109 Å². The van der Waals surface area contributed by atoms with Crippen molar-refractivity contribution in [3.8, 4) is 0 Å². The number of aromatic carboxylic acids is 1. The number of hydrogen-bond donors (Lipinski definition) is 1. The van der Waals surface area contributed by atoms with E-state index in [1.165, 1.54) is 10.9 Å². The number of amides is 1. The molecule has 0 fully saturated rings. The number of rotatable bonds is 7. The average molecular weight is 272 g/mol. The fourth-order valence-corrected chi connectivity index (χ4v) is 1.72. The lowest BCUT2D eigenvalue weighted by molar-refractivity contribution is -0.130. The van der Waals surface area contributed by atoms with Crippen LogP contribution in [0, 0.1) is 0 Å². The van der Waals surface area contributed by atoms with Gasteiger partial charge in [-0.1, -0.05) is 5.21 Å². The zero-order valence-electron chi connectivity index (χ0n) is 10.4. The number of carbonyl (C=O) groups excluding carboxylic acids is 1. The first-order chi connectivity index (χ1) is 8.54. The SMILES string of the molecule is CSCCCN(C)C(=O)Cn1cc(C(=O)O)nn1. The molecule has 100 valence electrons. The molecule has 0 aliphatic rings. The zero-order chi connectivity index (χ0) is 13.5. The van der Waals surface area contributed by atoms with E-state index in [-0.39, 0.29) is 18.1 Å². The molecule has 0 radical (unpaired) electrons. The summed E-state index contributed by atoms with van der Waals surface area (Å²) in [4.78, 5) is 24.0. The predicted octanol–water partition coefficient (Wildman–Crippen LogP) is 0.188. The summed E-state index contributed by atoms with van der Waals surface area (Å²) in [5.74, 6) is -0.260. The van der Waals surface area contributed by atoms with Crippen molar-refractivity contribution < 1.29 is 14.7 Å². The number of carbonyl (C=O) groups is 2. The van der Waals surface area contributed by atoms with Gasteiger partial charge in [0.05, 0.1) is 6.20 Å². The topological polar surface area (TPSA) is 88.3 Å². The van der Waals surface area contributed by atoms with E-state index in [2.05, 4.69) is 10.3 Å². The van der Waals surface area contributed by atoms with E-state index in [4.69, 9.17) is 5.11 Å². The quantitative estimate of drug-likeness (QED) is 0.713. The third-order valence-corrected chi connectivity index (χ3v) is 3.02. The molecule has 0 spiro atoms. The Morgan fingerprint density at radius 1 is 1.56 bits per heavy atom. The molecule has 0 aromatic carbocycles. The fourth-order valence-electron chi connectivity index (χ4n) is 1.30. The van der Waals surface area contributed by atoms with Crippen LogP contribution in [0.15, 0.2) is 6.20 Å². The highest BCUT2D eigenvalue weighted by molar-refractivity contribution is 7.98. The summed E-state index contributed by atoms with van der Waals surface area (Å²) in [5, 5.41) is 15.7. The highest BCUT2D eigenvalue weighted by Crippen LogP contribution is 1.99. The second-order valence-corrected chi connectivity index (χ2v) is 4.75.